The van der Waals surface area contributed by atoms with E-state index in [-0.39, 0.29) is 17.0 Å². The van der Waals surface area contributed by atoms with Crippen molar-refractivity contribution < 1.29 is 9.13 Å². The molecule has 0 aromatic heterocycles. The fourth-order valence-corrected chi connectivity index (χ4v) is 3.13. The smallest absolute Gasteiger partial charge is 0.146 e. The second kappa shape index (κ2) is 5.70. The Labute approximate surface area is 120 Å². The quantitative estimate of drug-likeness (QED) is 0.921. The predicted molar refractivity (Wildman–Crippen MR) is 80.5 cm³/mol. The maximum absolute atomic E-state index is 14.1. The summed E-state index contributed by atoms with van der Waals surface area (Å²) in [5.41, 5.74) is 6.26. The van der Waals surface area contributed by atoms with E-state index in [9.17, 15) is 4.39 Å². The lowest BCUT2D eigenvalue weighted by Crippen LogP contribution is -2.60. The Balaban J connectivity index is 2.33. The molecular weight excluding hydrogens is 255 g/mol. The van der Waals surface area contributed by atoms with Crippen LogP contribution in [0.4, 0.5) is 10.1 Å². The van der Waals surface area contributed by atoms with Crippen molar-refractivity contribution in [1.82, 2.24) is 0 Å². The summed E-state index contributed by atoms with van der Waals surface area (Å²) in [4.78, 5) is 2.01. The van der Waals surface area contributed by atoms with Gasteiger partial charge in [0, 0.05) is 26.6 Å². The molecule has 1 aliphatic heterocycles. The summed E-state index contributed by atoms with van der Waals surface area (Å²) < 4.78 is 20.0. The fourth-order valence-electron chi connectivity index (χ4n) is 3.13. The Hall–Kier alpha value is -1.13. The number of hydrogen-bond acceptors (Lipinski definition) is 3. The predicted octanol–water partition coefficient (Wildman–Crippen LogP) is 2.94. The molecule has 3 nitrogen and oxygen atoms in total. The molecule has 1 saturated heterocycles. The number of rotatable bonds is 4. The van der Waals surface area contributed by atoms with E-state index in [2.05, 4.69) is 13.8 Å². The van der Waals surface area contributed by atoms with Crippen LogP contribution in [0.15, 0.2) is 24.3 Å². The standard InChI is InChI=1S/C16H25FN2O/c1-4-15(2)11-16(12-18,9-10-20-15)19(3)14-8-6-5-7-13(14)17/h5-8H,4,9-12,18H2,1-3H3. The zero-order chi connectivity index (χ0) is 14.8. The van der Waals surface area contributed by atoms with Gasteiger partial charge in [0.1, 0.15) is 5.82 Å². The number of likely N-dealkylation sites (N-methyl/N-ethyl adjacent to an activating group) is 1. The Morgan fingerprint density at radius 2 is 2.10 bits per heavy atom. The lowest BCUT2D eigenvalue weighted by molar-refractivity contribution is -0.0929. The van der Waals surface area contributed by atoms with Crippen LogP contribution in [0.2, 0.25) is 0 Å². The van der Waals surface area contributed by atoms with E-state index in [1.54, 1.807) is 6.07 Å². The number of hydrogen-bond donors (Lipinski definition) is 1. The minimum absolute atomic E-state index is 0.183. The Kier molecular flexibility index (Phi) is 4.35. The lowest BCUT2D eigenvalue weighted by atomic mass is 9.78. The summed E-state index contributed by atoms with van der Waals surface area (Å²) in [5, 5.41) is 0. The first kappa shape index (κ1) is 15.3. The van der Waals surface area contributed by atoms with Gasteiger partial charge in [0.25, 0.3) is 0 Å². The van der Waals surface area contributed by atoms with Gasteiger partial charge in [-0.05, 0) is 31.9 Å². The monoisotopic (exact) mass is 280 g/mol. The number of para-hydroxylation sites is 1. The summed E-state index contributed by atoms with van der Waals surface area (Å²) in [6, 6.07) is 6.87. The second-order valence-electron chi connectivity index (χ2n) is 6.02. The van der Waals surface area contributed by atoms with E-state index >= 15 is 0 Å². The highest BCUT2D eigenvalue weighted by Gasteiger charge is 2.44. The molecule has 4 heteroatoms. The van der Waals surface area contributed by atoms with Crippen LogP contribution in [0.5, 0.6) is 0 Å². The van der Waals surface area contributed by atoms with Crippen LogP contribution in [-0.2, 0) is 4.74 Å². The van der Waals surface area contributed by atoms with Crippen LogP contribution in [-0.4, -0.2) is 31.3 Å². The molecule has 0 spiro atoms. The van der Waals surface area contributed by atoms with Crippen molar-refractivity contribution >= 4 is 5.69 Å². The number of nitrogens with zero attached hydrogens (tertiary/aromatic N) is 1. The molecule has 0 radical (unpaired) electrons. The zero-order valence-electron chi connectivity index (χ0n) is 12.7. The van der Waals surface area contributed by atoms with Crippen molar-refractivity contribution in [2.45, 2.75) is 44.2 Å². The maximum atomic E-state index is 14.1. The summed E-state index contributed by atoms with van der Waals surface area (Å²) in [6.45, 7) is 5.40. The van der Waals surface area contributed by atoms with Gasteiger partial charge in [-0.2, -0.15) is 0 Å². The average molecular weight is 280 g/mol. The Morgan fingerprint density at radius 1 is 1.40 bits per heavy atom. The van der Waals surface area contributed by atoms with E-state index in [4.69, 9.17) is 10.5 Å². The van der Waals surface area contributed by atoms with Crippen LogP contribution in [0.25, 0.3) is 0 Å². The topological polar surface area (TPSA) is 38.5 Å². The van der Waals surface area contributed by atoms with Gasteiger partial charge in [0.2, 0.25) is 0 Å². The highest BCUT2D eigenvalue weighted by Crippen LogP contribution is 2.39. The molecule has 0 bridgehead atoms. The highest BCUT2D eigenvalue weighted by atomic mass is 19.1. The molecule has 2 atom stereocenters. The van der Waals surface area contributed by atoms with Crippen LogP contribution in [0.1, 0.15) is 33.1 Å². The minimum atomic E-state index is -0.245. The van der Waals surface area contributed by atoms with Gasteiger partial charge in [0.15, 0.2) is 0 Å². The van der Waals surface area contributed by atoms with E-state index in [0.717, 1.165) is 19.3 Å². The number of halogens is 1. The molecule has 1 aliphatic rings. The van der Waals surface area contributed by atoms with E-state index in [1.807, 2.05) is 24.1 Å². The lowest BCUT2D eigenvalue weighted by Gasteiger charge is -2.51. The van der Waals surface area contributed by atoms with E-state index in [1.165, 1.54) is 6.07 Å². The van der Waals surface area contributed by atoms with Crippen LogP contribution >= 0.6 is 0 Å². The van der Waals surface area contributed by atoms with Crippen molar-refractivity contribution in [2.75, 3.05) is 25.1 Å². The second-order valence-corrected chi connectivity index (χ2v) is 6.02. The van der Waals surface area contributed by atoms with Crippen molar-refractivity contribution in [1.29, 1.82) is 0 Å². The summed E-state index contributed by atoms with van der Waals surface area (Å²) in [5.74, 6) is -0.201. The molecule has 2 rings (SSSR count). The molecule has 20 heavy (non-hydrogen) atoms. The molecule has 1 aromatic carbocycles. The molecule has 1 aromatic rings. The van der Waals surface area contributed by atoms with Gasteiger partial charge in [-0.15, -0.1) is 0 Å². The number of ether oxygens (including phenoxy) is 1. The maximum Gasteiger partial charge on any atom is 0.146 e. The van der Waals surface area contributed by atoms with Crippen LogP contribution in [0, 0.1) is 5.82 Å². The molecule has 0 aliphatic carbocycles. The SMILES string of the molecule is CCC1(C)CC(CN)(N(C)c2ccccc2F)CCO1. The zero-order valence-corrected chi connectivity index (χ0v) is 12.7. The van der Waals surface area contributed by atoms with E-state index < -0.39 is 0 Å². The van der Waals surface area contributed by atoms with Crippen molar-refractivity contribution in [3.63, 3.8) is 0 Å². The third-order valence-electron chi connectivity index (χ3n) is 4.77. The summed E-state index contributed by atoms with van der Waals surface area (Å²) >= 11 is 0. The molecular formula is C16H25FN2O. The first-order valence-electron chi connectivity index (χ1n) is 7.29. The number of anilines is 1. The van der Waals surface area contributed by atoms with Gasteiger partial charge in [-0.1, -0.05) is 19.1 Å². The number of nitrogens with two attached hydrogens (primary N) is 1. The first-order valence-corrected chi connectivity index (χ1v) is 7.29. The average Bonchev–Trinajstić information content (AvgIpc) is 2.47. The normalized spacial score (nSPS) is 30.2. The Bertz CT molecular complexity index is 468. The molecule has 112 valence electrons. The molecule has 0 amide bonds. The Morgan fingerprint density at radius 3 is 2.70 bits per heavy atom. The van der Waals surface area contributed by atoms with Gasteiger partial charge in [-0.3, -0.25) is 0 Å². The highest BCUT2D eigenvalue weighted by molar-refractivity contribution is 5.50. The third kappa shape index (κ3) is 2.67. The van der Waals surface area contributed by atoms with Crippen molar-refractivity contribution in [2.24, 2.45) is 5.73 Å². The molecule has 2 N–H and O–H groups in total. The largest absolute Gasteiger partial charge is 0.375 e. The van der Waals surface area contributed by atoms with E-state index in [0.29, 0.717) is 18.8 Å². The molecule has 1 heterocycles. The molecule has 2 unspecified atom stereocenters. The number of benzene rings is 1. The first-order chi connectivity index (χ1) is 9.46. The molecule has 1 fully saturated rings. The van der Waals surface area contributed by atoms with Crippen LogP contribution in [0.3, 0.4) is 0 Å². The minimum Gasteiger partial charge on any atom is -0.375 e. The van der Waals surface area contributed by atoms with Crippen LogP contribution < -0.4 is 10.6 Å². The third-order valence-corrected chi connectivity index (χ3v) is 4.77. The summed E-state index contributed by atoms with van der Waals surface area (Å²) in [6.07, 6.45) is 2.57. The molecule has 0 saturated carbocycles. The van der Waals surface area contributed by atoms with Gasteiger partial charge < -0.3 is 15.4 Å². The summed E-state index contributed by atoms with van der Waals surface area (Å²) in [7, 11) is 1.94. The van der Waals surface area contributed by atoms with Gasteiger partial charge in [0.05, 0.1) is 16.8 Å². The van der Waals surface area contributed by atoms with Gasteiger partial charge in [-0.25, -0.2) is 4.39 Å². The van der Waals surface area contributed by atoms with Gasteiger partial charge >= 0.3 is 0 Å². The van der Waals surface area contributed by atoms with Crippen molar-refractivity contribution in [3.05, 3.63) is 30.1 Å². The van der Waals surface area contributed by atoms with Crippen molar-refractivity contribution in [3.8, 4) is 0 Å². The fraction of sp³-hybridized carbons (Fsp3) is 0.625.